The highest BCUT2D eigenvalue weighted by molar-refractivity contribution is 4.94. The van der Waals surface area contributed by atoms with E-state index in [9.17, 15) is 0 Å². The third-order valence-corrected chi connectivity index (χ3v) is 2.87. The van der Waals surface area contributed by atoms with Crippen LogP contribution in [0.3, 0.4) is 0 Å². The van der Waals surface area contributed by atoms with E-state index in [1.165, 1.54) is 0 Å². The van der Waals surface area contributed by atoms with Crippen LogP contribution in [0.2, 0.25) is 0 Å². The Labute approximate surface area is 84.7 Å². The second-order valence-electron chi connectivity index (χ2n) is 4.45. The smallest absolute Gasteiger partial charge is 0.120 e. The van der Waals surface area contributed by atoms with Gasteiger partial charge in [-0.15, -0.1) is 0 Å². The highest BCUT2D eigenvalue weighted by atomic mass is 15.3. The number of aromatic amines is 1. The summed E-state index contributed by atoms with van der Waals surface area (Å²) in [5.74, 6) is 1.06. The molecular weight excluding hydrogens is 176 g/mol. The van der Waals surface area contributed by atoms with Gasteiger partial charge in [0, 0.05) is 37.6 Å². The Hall–Kier alpha value is -0.870. The molecule has 0 aromatic carbocycles. The lowest BCUT2D eigenvalue weighted by Crippen LogP contribution is -2.57. The lowest BCUT2D eigenvalue weighted by molar-refractivity contribution is 0.0802. The summed E-state index contributed by atoms with van der Waals surface area (Å²) >= 11 is 0. The molecule has 78 valence electrons. The number of nitrogens with one attached hydrogen (secondary N) is 2. The highest BCUT2D eigenvalue weighted by Gasteiger charge is 2.29. The van der Waals surface area contributed by atoms with Crippen LogP contribution in [0.15, 0.2) is 12.4 Å². The maximum atomic E-state index is 4.26. The van der Waals surface area contributed by atoms with E-state index in [0.29, 0.717) is 0 Å². The fourth-order valence-corrected chi connectivity index (χ4v) is 1.88. The Bertz CT molecular complexity index is 278. The van der Waals surface area contributed by atoms with Crippen LogP contribution in [0.1, 0.15) is 19.7 Å². The van der Waals surface area contributed by atoms with Crippen molar-refractivity contribution in [3.63, 3.8) is 0 Å². The predicted octanol–water partition coefficient (Wildman–Crippen LogP) is 0.593. The van der Waals surface area contributed by atoms with Crippen LogP contribution in [-0.4, -0.2) is 40.0 Å². The molecule has 0 bridgehead atoms. The molecule has 1 fully saturated rings. The van der Waals surface area contributed by atoms with Crippen LogP contribution in [0, 0.1) is 0 Å². The standard InChI is InChI=1S/C10H18N4/c1-10(2)8-11-5-6-14(10)7-9-12-3-4-13-9/h3-4,11H,5-8H2,1-2H3,(H,12,13). The molecule has 14 heavy (non-hydrogen) atoms. The van der Waals surface area contributed by atoms with Gasteiger partial charge < -0.3 is 10.3 Å². The summed E-state index contributed by atoms with van der Waals surface area (Å²) in [6.45, 7) is 8.66. The van der Waals surface area contributed by atoms with Gasteiger partial charge in [-0.05, 0) is 13.8 Å². The topological polar surface area (TPSA) is 44.0 Å². The average Bonchev–Trinajstić information content (AvgIpc) is 2.61. The summed E-state index contributed by atoms with van der Waals surface area (Å²) in [6, 6.07) is 0. The molecule has 0 radical (unpaired) electrons. The molecule has 0 amide bonds. The first-order valence-corrected chi connectivity index (χ1v) is 5.12. The molecule has 4 heteroatoms. The van der Waals surface area contributed by atoms with Crippen molar-refractivity contribution in [2.24, 2.45) is 0 Å². The maximum absolute atomic E-state index is 4.26. The van der Waals surface area contributed by atoms with Crippen molar-refractivity contribution in [1.82, 2.24) is 20.2 Å². The van der Waals surface area contributed by atoms with Crippen molar-refractivity contribution in [2.45, 2.75) is 25.9 Å². The number of piperazine rings is 1. The van der Waals surface area contributed by atoms with Crippen LogP contribution in [-0.2, 0) is 6.54 Å². The first-order valence-electron chi connectivity index (χ1n) is 5.12. The van der Waals surface area contributed by atoms with E-state index in [2.05, 4.69) is 34.0 Å². The number of nitrogens with zero attached hydrogens (tertiary/aromatic N) is 2. The number of H-pyrrole nitrogens is 1. The normalized spacial score (nSPS) is 22.4. The Morgan fingerprint density at radius 1 is 1.57 bits per heavy atom. The molecule has 1 aromatic rings. The number of hydrogen-bond donors (Lipinski definition) is 2. The molecule has 1 aliphatic rings. The van der Waals surface area contributed by atoms with Gasteiger partial charge in [-0.1, -0.05) is 0 Å². The van der Waals surface area contributed by atoms with E-state index in [1.54, 1.807) is 0 Å². The molecule has 2 rings (SSSR count). The summed E-state index contributed by atoms with van der Waals surface area (Å²) in [5, 5.41) is 3.41. The van der Waals surface area contributed by atoms with E-state index in [-0.39, 0.29) is 5.54 Å². The quantitative estimate of drug-likeness (QED) is 0.724. The monoisotopic (exact) mass is 194 g/mol. The SMILES string of the molecule is CC1(C)CNCCN1Cc1ncc[nH]1. The minimum Gasteiger partial charge on any atom is -0.348 e. The summed E-state index contributed by atoms with van der Waals surface area (Å²) in [6.07, 6.45) is 3.69. The average molecular weight is 194 g/mol. The van der Waals surface area contributed by atoms with Crippen molar-refractivity contribution < 1.29 is 0 Å². The van der Waals surface area contributed by atoms with Crippen LogP contribution >= 0.6 is 0 Å². The van der Waals surface area contributed by atoms with E-state index < -0.39 is 0 Å². The zero-order valence-electron chi connectivity index (χ0n) is 8.88. The van der Waals surface area contributed by atoms with Gasteiger partial charge in [-0.3, -0.25) is 4.90 Å². The second kappa shape index (κ2) is 3.71. The van der Waals surface area contributed by atoms with Crippen molar-refractivity contribution in [2.75, 3.05) is 19.6 Å². The summed E-state index contributed by atoms with van der Waals surface area (Å²) < 4.78 is 0. The molecule has 0 unspecified atom stereocenters. The molecule has 1 aromatic heterocycles. The minimum absolute atomic E-state index is 0.227. The van der Waals surface area contributed by atoms with Gasteiger partial charge in [0.05, 0.1) is 6.54 Å². The van der Waals surface area contributed by atoms with Gasteiger partial charge in [0.15, 0.2) is 0 Å². The minimum atomic E-state index is 0.227. The molecule has 2 heterocycles. The van der Waals surface area contributed by atoms with Gasteiger partial charge in [0.1, 0.15) is 5.82 Å². The largest absolute Gasteiger partial charge is 0.348 e. The van der Waals surface area contributed by atoms with E-state index in [1.807, 2.05) is 12.4 Å². The van der Waals surface area contributed by atoms with Crippen LogP contribution in [0.4, 0.5) is 0 Å². The van der Waals surface area contributed by atoms with Gasteiger partial charge in [-0.25, -0.2) is 4.98 Å². The van der Waals surface area contributed by atoms with Crippen LogP contribution in [0.5, 0.6) is 0 Å². The highest BCUT2D eigenvalue weighted by Crippen LogP contribution is 2.17. The number of aromatic nitrogens is 2. The van der Waals surface area contributed by atoms with Gasteiger partial charge in [-0.2, -0.15) is 0 Å². The number of hydrogen-bond acceptors (Lipinski definition) is 3. The Morgan fingerprint density at radius 3 is 3.07 bits per heavy atom. The number of imidazole rings is 1. The third kappa shape index (κ3) is 1.96. The zero-order chi connectivity index (χ0) is 10.0. The predicted molar refractivity (Wildman–Crippen MR) is 55.9 cm³/mol. The zero-order valence-corrected chi connectivity index (χ0v) is 8.88. The Kier molecular flexibility index (Phi) is 2.56. The molecule has 0 aliphatic carbocycles. The third-order valence-electron chi connectivity index (χ3n) is 2.87. The van der Waals surface area contributed by atoms with E-state index in [4.69, 9.17) is 0 Å². The summed E-state index contributed by atoms with van der Waals surface area (Å²) in [4.78, 5) is 9.87. The van der Waals surface area contributed by atoms with Crippen molar-refractivity contribution in [3.8, 4) is 0 Å². The van der Waals surface area contributed by atoms with Crippen LogP contribution in [0.25, 0.3) is 0 Å². The van der Waals surface area contributed by atoms with Crippen molar-refractivity contribution >= 4 is 0 Å². The van der Waals surface area contributed by atoms with Crippen LogP contribution < -0.4 is 5.32 Å². The lowest BCUT2D eigenvalue weighted by atomic mass is 10.0. The van der Waals surface area contributed by atoms with Crippen molar-refractivity contribution in [1.29, 1.82) is 0 Å². The second-order valence-corrected chi connectivity index (χ2v) is 4.45. The fraction of sp³-hybridized carbons (Fsp3) is 0.700. The van der Waals surface area contributed by atoms with E-state index >= 15 is 0 Å². The van der Waals surface area contributed by atoms with Gasteiger partial charge in [0.2, 0.25) is 0 Å². The van der Waals surface area contributed by atoms with Crippen molar-refractivity contribution in [3.05, 3.63) is 18.2 Å². The molecule has 0 spiro atoms. The first-order chi connectivity index (χ1) is 6.68. The Morgan fingerprint density at radius 2 is 2.43 bits per heavy atom. The summed E-state index contributed by atoms with van der Waals surface area (Å²) in [5.41, 5.74) is 0.227. The molecular formula is C10H18N4. The molecule has 0 saturated carbocycles. The molecule has 1 aliphatic heterocycles. The number of rotatable bonds is 2. The van der Waals surface area contributed by atoms with Gasteiger partial charge in [0.25, 0.3) is 0 Å². The molecule has 2 N–H and O–H groups in total. The fourth-order valence-electron chi connectivity index (χ4n) is 1.88. The van der Waals surface area contributed by atoms with Gasteiger partial charge >= 0.3 is 0 Å². The summed E-state index contributed by atoms with van der Waals surface area (Å²) in [7, 11) is 0. The molecule has 4 nitrogen and oxygen atoms in total. The first kappa shape index (κ1) is 9.68. The van der Waals surface area contributed by atoms with E-state index in [0.717, 1.165) is 32.0 Å². The Balaban J connectivity index is 2.02. The lowest BCUT2D eigenvalue weighted by Gasteiger charge is -2.42. The maximum Gasteiger partial charge on any atom is 0.120 e. The molecule has 0 atom stereocenters. The molecule has 1 saturated heterocycles.